The van der Waals surface area contributed by atoms with Gasteiger partial charge in [-0.3, -0.25) is 24.1 Å². The van der Waals surface area contributed by atoms with Crippen molar-refractivity contribution in [2.24, 2.45) is 5.73 Å². The number of carbonyl (C=O) groups is 4. The van der Waals surface area contributed by atoms with Gasteiger partial charge in [-0.15, -0.1) is 0 Å². The minimum atomic E-state index is -0.712. The van der Waals surface area contributed by atoms with Gasteiger partial charge in [0.05, 0.1) is 17.7 Å². The highest BCUT2D eigenvalue weighted by Crippen LogP contribution is 2.34. The van der Waals surface area contributed by atoms with Crippen LogP contribution in [0.3, 0.4) is 0 Å². The van der Waals surface area contributed by atoms with Gasteiger partial charge in [-0.05, 0) is 47.7 Å². The van der Waals surface area contributed by atoms with Crippen LogP contribution in [-0.4, -0.2) is 48.1 Å². The number of hydrogen-bond donors (Lipinski definition) is 2. The Balaban J connectivity index is 1.71. The van der Waals surface area contributed by atoms with Crippen molar-refractivity contribution in [3.63, 3.8) is 0 Å². The molecule has 2 aromatic rings. The van der Waals surface area contributed by atoms with E-state index >= 15 is 0 Å². The van der Waals surface area contributed by atoms with Crippen molar-refractivity contribution in [3.05, 3.63) is 58.8 Å². The van der Waals surface area contributed by atoms with E-state index in [1.807, 2.05) is 0 Å². The molecular weight excluding hydrogens is 441 g/mol. The molecule has 166 valence electrons. The van der Waals surface area contributed by atoms with Crippen molar-refractivity contribution < 1.29 is 33.0 Å². The topological polar surface area (TPSA) is 128 Å². The second kappa shape index (κ2) is 9.96. The maximum atomic E-state index is 13.7. The number of methoxy groups -OCH3 is 1. The molecule has 0 radical (unpaired) electrons. The maximum Gasteiger partial charge on any atom is 0.294 e. The number of carbonyl (C=O) groups excluding carboxylic acids is 4. The number of ether oxygens (including phenoxy) is 2. The molecule has 1 aliphatic heterocycles. The normalized spacial score (nSPS) is 14.6. The smallest absolute Gasteiger partial charge is 0.294 e. The quantitative estimate of drug-likeness (QED) is 0.580. The summed E-state index contributed by atoms with van der Waals surface area (Å²) in [5, 5.41) is 1.71. The number of anilines is 1. The molecule has 0 unspecified atom stereocenters. The predicted molar refractivity (Wildman–Crippen MR) is 115 cm³/mol. The lowest BCUT2D eigenvalue weighted by atomic mass is 10.2. The van der Waals surface area contributed by atoms with Gasteiger partial charge in [0.25, 0.3) is 17.1 Å². The molecule has 1 saturated heterocycles. The Morgan fingerprint density at radius 3 is 2.62 bits per heavy atom. The molecule has 11 heteroatoms. The Morgan fingerprint density at radius 1 is 1.19 bits per heavy atom. The summed E-state index contributed by atoms with van der Waals surface area (Å²) in [7, 11) is 1.40. The molecule has 4 amide bonds. The molecule has 1 fully saturated rings. The van der Waals surface area contributed by atoms with E-state index in [-0.39, 0.29) is 22.9 Å². The van der Waals surface area contributed by atoms with Crippen LogP contribution in [0.1, 0.15) is 5.56 Å². The summed E-state index contributed by atoms with van der Waals surface area (Å²) in [6.45, 7) is -0.886. The van der Waals surface area contributed by atoms with Crippen molar-refractivity contribution >= 4 is 46.5 Å². The van der Waals surface area contributed by atoms with E-state index in [1.165, 1.54) is 37.5 Å². The van der Waals surface area contributed by atoms with Crippen molar-refractivity contribution in [3.8, 4) is 11.5 Å². The third-order valence-corrected chi connectivity index (χ3v) is 5.09. The number of thioether (sulfide) groups is 1. The maximum absolute atomic E-state index is 13.7. The van der Waals surface area contributed by atoms with Crippen molar-refractivity contribution in [1.82, 2.24) is 4.90 Å². The second-order valence-electron chi connectivity index (χ2n) is 6.46. The minimum Gasteiger partial charge on any atom is -0.493 e. The summed E-state index contributed by atoms with van der Waals surface area (Å²) in [6.07, 6.45) is 1.46. The molecule has 1 heterocycles. The van der Waals surface area contributed by atoms with Crippen LogP contribution in [0.25, 0.3) is 6.08 Å². The number of amides is 4. The average Bonchev–Trinajstić information content (AvgIpc) is 3.01. The predicted octanol–water partition coefficient (Wildman–Crippen LogP) is 2.37. The minimum absolute atomic E-state index is 0.0502. The van der Waals surface area contributed by atoms with Crippen molar-refractivity contribution in [2.75, 3.05) is 25.6 Å². The summed E-state index contributed by atoms with van der Waals surface area (Å²) in [5.41, 5.74) is 5.53. The molecule has 3 rings (SSSR count). The molecule has 32 heavy (non-hydrogen) atoms. The van der Waals surface area contributed by atoms with Gasteiger partial charge in [-0.1, -0.05) is 18.2 Å². The lowest BCUT2D eigenvalue weighted by Gasteiger charge is -2.12. The monoisotopic (exact) mass is 459 g/mol. The van der Waals surface area contributed by atoms with E-state index in [4.69, 9.17) is 15.2 Å². The molecule has 0 atom stereocenters. The lowest BCUT2D eigenvalue weighted by molar-refractivity contribution is -0.127. The second-order valence-corrected chi connectivity index (χ2v) is 7.45. The molecule has 0 aromatic heterocycles. The van der Waals surface area contributed by atoms with Crippen LogP contribution in [0, 0.1) is 5.82 Å². The van der Waals surface area contributed by atoms with E-state index in [1.54, 1.807) is 18.2 Å². The number of nitrogens with zero attached hydrogens (tertiary/aromatic N) is 1. The number of nitrogens with two attached hydrogens (primary N) is 1. The highest BCUT2D eigenvalue weighted by Gasteiger charge is 2.36. The molecule has 2 aromatic carbocycles. The number of benzene rings is 2. The fraction of sp³-hybridized carbons (Fsp3) is 0.143. The first kappa shape index (κ1) is 22.8. The van der Waals surface area contributed by atoms with Gasteiger partial charge in [0.2, 0.25) is 5.91 Å². The SMILES string of the molecule is COc1cc(C=C2SC(=O)N(CC(=O)Nc3ccccc3F)C2=O)ccc1OCC(N)=O. The third-order valence-electron chi connectivity index (χ3n) is 4.18. The number of rotatable bonds is 8. The summed E-state index contributed by atoms with van der Waals surface area (Å²) in [4.78, 5) is 48.8. The first-order valence-electron chi connectivity index (χ1n) is 9.17. The van der Waals surface area contributed by atoms with Gasteiger partial charge in [-0.25, -0.2) is 4.39 Å². The Hall–Kier alpha value is -3.86. The highest BCUT2D eigenvalue weighted by molar-refractivity contribution is 8.18. The zero-order chi connectivity index (χ0) is 23.3. The largest absolute Gasteiger partial charge is 0.493 e. The molecule has 9 nitrogen and oxygen atoms in total. The van der Waals surface area contributed by atoms with E-state index in [0.29, 0.717) is 23.1 Å². The number of nitrogens with one attached hydrogen (secondary N) is 1. The zero-order valence-electron chi connectivity index (χ0n) is 16.8. The Labute approximate surface area is 186 Å². The van der Waals surface area contributed by atoms with E-state index in [2.05, 4.69) is 5.32 Å². The third kappa shape index (κ3) is 5.43. The molecule has 1 aliphatic rings. The fourth-order valence-electron chi connectivity index (χ4n) is 2.73. The molecule has 0 aliphatic carbocycles. The summed E-state index contributed by atoms with van der Waals surface area (Å²) < 4.78 is 24.1. The van der Waals surface area contributed by atoms with E-state index in [9.17, 15) is 23.6 Å². The molecule has 3 N–H and O–H groups in total. The number of imide groups is 1. The standard InChI is InChI=1S/C21H18FN3O6S/c1-30-16-8-12(6-7-15(16)31-11-18(23)26)9-17-20(28)25(21(29)32-17)10-19(27)24-14-5-3-2-4-13(14)22/h2-9H,10-11H2,1H3,(H2,23,26)(H,24,27). The van der Waals surface area contributed by atoms with Gasteiger partial charge < -0.3 is 20.5 Å². The van der Waals surface area contributed by atoms with Gasteiger partial charge in [0.15, 0.2) is 18.1 Å². The van der Waals surface area contributed by atoms with Crippen LogP contribution in [0.4, 0.5) is 14.9 Å². The molecule has 0 saturated carbocycles. The number of halogens is 1. The van der Waals surface area contributed by atoms with Crippen LogP contribution in [0.15, 0.2) is 47.4 Å². The van der Waals surface area contributed by atoms with Crippen molar-refractivity contribution in [1.29, 1.82) is 0 Å². The van der Waals surface area contributed by atoms with Gasteiger partial charge >= 0.3 is 0 Å². The van der Waals surface area contributed by atoms with Crippen molar-refractivity contribution in [2.45, 2.75) is 0 Å². The van der Waals surface area contributed by atoms with E-state index in [0.717, 1.165) is 4.90 Å². The van der Waals surface area contributed by atoms with Crippen LogP contribution >= 0.6 is 11.8 Å². The van der Waals surface area contributed by atoms with Crippen LogP contribution < -0.4 is 20.5 Å². The van der Waals surface area contributed by atoms with Crippen LogP contribution in [-0.2, 0) is 14.4 Å². The van der Waals surface area contributed by atoms with Crippen LogP contribution in [0.2, 0.25) is 0 Å². The van der Waals surface area contributed by atoms with E-state index < -0.39 is 35.3 Å². The Bertz CT molecular complexity index is 1120. The summed E-state index contributed by atoms with van der Waals surface area (Å²) >= 11 is 0.671. The average molecular weight is 459 g/mol. The highest BCUT2D eigenvalue weighted by atomic mass is 32.2. The lowest BCUT2D eigenvalue weighted by Crippen LogP contribution is -2.36. The van der Waals surface area contributed by atoms with Gasteiger partial charge in [-0.2, -0.15) is 0 Å². The Morgan fingerprint density at radius 2 is 1.94 bits per heavy atom. The summed E-state index contributed by atoms with van der Waals surface area (Å²) in [5.74, 6) is -2.08. The van der Waals surface area contributed by atoms with Gasteiger partial charge in [0, 0.05) is 0 Å². The number of primary amides is 1. The zero-order valence-corrected chi connectivity index (χ0v) is 17.6. The molecule has 0 bridgehead atoms. The Kier molecular flexibility index (Phi) is 7.11. The molecule has 0 spiro atoms. The fourth-order valence-corrected chi connectivity index (χ4v) is 3.56. The van der Waals surface area contributed by atoms with Gasteiger partial charge in [0.1, 0.15) is 12.4 Å². The molecular formula is C21H18FN3O6S. The first-order chi connectivity index (χ1) is 15.3. The number of para-hydroxylation sites is 1. The van der Waals surface area contributed by atoms with Crippen LogP contribution in [0.5, 0.6) is 11.5 Å². The summed E-state index contributed by atoms with van der Waals surface area (Å²) in [6, 6.07) is 10.2. The first-order valence-corrected chi connectivity index (χ1v) is 9.99. The number of hydrogen-bond acceptors (Lipinski definition) is 7.